The van der Waals surface area contributed by atoms with Crippen molar-refractivity contribution in [2.24, 2.45) is 5.92 Å². The SMILES string of the molecule is N#CCc1ccc(NC(=S)NC2(C3CC3)CCCC2)cc1. The van der Waals surface area contributed by atoms with Crippen LogP contribution in [-0.4, -0.2) is 10.7 Å². The van der Waals surface area contributed by atoms with Gasteiger partial charge in [-0.3, -0.25) is 0 Å². The molecule has 0 spiro atoms. The summed E-state index contributed by atoms with van der Waals surface area (Å²) in [6.45, 7) is 0. The highest BCUT2D eigenvalue weighted by Gasteiger charge is 2.47. The second kappa shape index (κ2) is 6.03. The maximum Gasteiger partial charge on any atom is 0.171 e. The molecule has 0 aliphatic heterocycles. The first-order valence-electron chi connectivity index (χ1n) is 7.77. The molecule has 1 aromatic carbocycles. The molecule has 110 valence electrons. The molecular weight excluding hydrogens is 278 g/mol. The van der Waals surface area contributed by atoms with E-state index in [0.717, 1.165) is 22.3 Å². The Kier molecular flexibility index (Phi) is 4.12. The van der Waals surface area contributed by atoms with Crippen LogP contribution in [0.4, 0.5) is 5.69 Å². The molecule has 2 aliphatic carbocycles. The smallest absolute Gasteiger partial charge is 0.171 e. The summed E-state index contributed by atoms with van der Waals surface area (Å²) < 4.78 is 0. The van der Waals surface area contributed by atoms with Crippen LogP contribution in [0.1, 0.15) is 44.1 Å². The Morgan fingerprint density at radius 1 is 1.24 bits per heavy atom. The van der Waals surface area contributed by atoms with Gasteiger partial charge < -0.3 is 10.6 Å². The summed E-state index contributed by atoms with van der Waals surface area (Å²) in [5.41, 5.74) is 2.27. The van der Waals surface area contributed by atoms with Crippen LogP contribution in [-0.2, 0) is 6.42 Å². The second-order valence-electron chi connectivity index (χ2n) is 6.25. The van der Waals surface area contributed by atoms with Gasteiger partial charge in [0.05, 0.1) is 12.5 Å². The number of rotatable bonds is 4. The van der Waals surface area contributed by atoms with E-state index >= 15 is 0 Å². The molecule has 21 heavy (non-hydrogen) atoms. The van der Waals surface area contributed by atoms with E-state index in [4.69, 9.17) is 17.5 Å². The van der Waals surface area contributed by atoms with Crippen molar-refractivity contribution in [2.45, 2.75) is 50.5 Å². The zero-order chi connectivity index (χ0) is 14.7. The normalized spacial score (nSPS) is 19.8. The summed E-state index contributed by atoms with van der Waals surface area (Å²) in [5.74, 6) is 0.817. The minimum absolute atomic E-state index is 0.255. The minimum Gasteiger partial charge on any atom is -0.357 e. The highest BCUT2D eigenvalue weighted by atomic mass is 32.1. The van der Waals surface area contributed by atoms with Gasteiger partial charge in [0, 0.05) is 11.2 Å². The van der Waals surface area contributed by atoms with Gasteiger partial charge in [0.25, 0.3) is 0 Å². The van der Waals surface area contributed by atoms with Crippen LogP contribution in [0.5, 0.6) is 0 Å². The molecule has 0 radical (unpaired) electrons. The zero-order valence-electron chi connectivity index (χ0n) is 12.2. The predicted molar refractivity (Wildman–Crippen MR) is 89.0 cm³/mol. The van der Waals surface area contributed by atoms with Gasteiger partial charge in [0.2, 0.25) is 0 Å². The van der Waals surface area contributed by atoms with Gasteiger partial charge in [0.15, 0.2) is 5.11 Å². The topological polar surface area (TPSA) is 47.9 Å². The number of thiocarbonyl (C=S) groups is 1. The van der Waals surface area contributed by atoms with Gasteiger partial charge >= 0.3 is 0 Å². The van der Waals surface area contributed by atoms with Crippen molar-refractivity contribution in [3.8, 4) is 6.07 Å². The van der Waals surface area contributed by atoms with Crippen LogP contribution < -0.4 is 10.6 Å². The van der Waals surface area contributed by atoms with Crippen molar-refractivity contribution in [3.63, 3.8) is 0 Å². The number of nitrogens with one attached hydrogen (secondary N) is 2. The lowest BCUT2D eigenvalue weighted by molar-refractivity contribution is 0.340. The van der Waals surface area contributed by atoms with Crippen molar-refractivity contribution in [1.82, 2.24) is 5.32 Å². The number of nitriles is 1. The number of hydrogen-bond donors (Lipinski definition) is 2. The first-order chi connectivity index (χ1) is 10.2. The Morgan fingerprint density at radius 3 is 2.48 bits per heavy atom. The van der Waals surface area contributed by atoms with E-state index in [0.29, 0.717) is 6.42 Å². The summed E-state index contributed by atoms with van der Waals surface area (Å²) in [6.07, 6.45) is 8.27. The Balaban J connectivity index is 1.59. The molecule has 0 bridgehead atoms. The van der Waals surface area contributed by atoms with E-state index in [9.17, 15) is 0 Å². The highest BCUT2D eigenvalue weighted by molar-refractivity contribution is 7.80. The van der Waals surface area contributed by atoms with Crippen molar-refractivity contribution in [3.05, 3.63) is 29.8 Å². The average Bonchev–Trinajstić information content (AvgIpc) is 3.23. The number of hydrogen-bond acceptors (Lipinski definition) is 2. The molecule has 2 fully saturated rings. The summed E-state index contributed by atoms with van der Waals surface area (Å²) in [5, 5.41) is 16.3. The second-order valence-corrected chi connectivity index (χ2v) is 6.66. The van der Waals surface area contributed by atoms with Gasteiger partial charge in [0.1, 0.15) is 0 Å². The van der Waals surface area contributed by atoms with E-state index in [1.807, 2.05) is 24.3 Å². The lowest BCUT2D eigenvalue weighted by Gasteiger charge is -2.32. The number of anilines is 1. The quantitative estimate of drug-likeness (QED) is 0.831. The maximum absolute atomic E-state index is 8.68. The Hall–Kier alpha value is -1.60. The molecular formula is C17H21N3S. The Bertz CT molecular complexity index is 548. The van der Waals surface area contributed by atoms with E-state index < -0.39 is 0 Å². The Morgan fingerprint density at radius 2 is 1.90 bits per heavy atom. The summed E-state index contributed by atoms with van der Waals surface area (Å²) in [4.78, 5) is 0. The van der Waals surface area contributed by atoms with E-state index in [2.05, 4.69) is 16.7 Å². The molecule has 2 aliphatic rings. The molecule has 2 N–H and O–H groups in total. The van der Waals surface area contributed by atoms with E-state index in [1.54, 1.807) is 0 Å². The molecule has 0 amide bonds. The molecule has 3 rings (SSSR count). The number of nitrogens with zero attached hydrogens (tertiary/aromatic N) is 1. The van der Waals surface area contributed by atoms with Crippen molar-refractivity contribution < 1.29 is 0 Å². The molecule has 3 nitrogen and oxygen atoms in total. The summed E-state index contributed by atoms with van der Waals surface area (Å²) in [7, 11) is 0. The first-order valence-corrected chi connectivity index (χ1v) is 8.18. The van der Waals surface area contributed by atoms with Gasteiger partial charge in [-0.05, 0) is 61.5 Å². The lowest BCUT2D eigenvalue weighted by Crippen LogP contribution is -2.49. The summed E-state index contributed by atoms with van der Waals surface area (Å²) in [6, 6.07) is 10.1. The van der Waals surface area contributed by atoms with Gasteiger partial charge in [-0.2, -0.15) is 5.26 Å². The monoisotopic (exact) mass is 299 g/mol. The van der Waals surface area contributed by atoms with E-state index in [-0.39, 0.29) is 5.54 Å². The van der Waals surface area contributed by atoms with Crippen molar-refractivity contribution in [2.75, 3.05) is 5.32 Å². The molecule has 1 aromatic rings. The molecule has 0 saturated heterocycles. The summed E-state index contributed by atoms with van der Waals surface area (Å²) >= 11 is 5.50. The van der Waals surface area contributed by atoms with Crippen LogP contribution in [0.15, 0.2) is 24.3 Å². The molecule has 0 atom stereocenters. The van der Waals surface area contributed by atoms with Crippen LogP contribution in [0, 0.1) is 17.2 Å². The fourth-order valence-electron chi connectivity index (χ4n) is 3.46. The van der Waals surface area contributed by atoms with E-state index in [1.165, 1.54) is 38.5 Å². The van der Waals surface area contributed by atoms with Crippen molar-refractivity contribution >= 4 is 23.0 Å². The molecule has 2 saturated carbocycles. The first kappa shape index (κ1) is 14.3. The van der Waals surface area contributed by atoms with Gasteiger partial charge in [-0.1, -0.05) is 25.0 Å². The zero-order valence-corrected chi connectivity index (χ0v) is 13.0. The van der Waals surface area contributed by atoms with Gasteiger partial charge in [-0.15, -0.1) is 0 Å². The van der Waals surface area contributed by atoms with Crippen LogP contribution in [0.25, 0.3) is 0 Å². The molecule has 0 heterocycles. The van der Waals surface area contributed by atoms with Crippen LogP contribution in [0.2, 0.25) is 0 Å². The third kappa shape index (κ3) is 3.36. The van der Waals surface area contributed by atoms with Crippen LogP contribution >= 0.6 is 12.2 Å². The molecule has 4 heteroatoms. The molecule has 0 unspecified atom stereocenters. The minimum atomic E-state index is 0.255. The van der Waals surface area contributed by atoms with Crippen molar-refractivity contribution in [1.29, 1.82) is 5.26 Å². The predicted octanol–water partition coefficient (Wildman–Crippen LogP) is 3.76. The number of benzene rings is 1. The fourth-order valence-corrected chi connectivity index (χ4v) is 3.78. The highest BCUT2D eigenvalue weighted by Crippen LogP contribution is 2.48. The largest absolute Gasteiger partial charge is 0.357 e. The van der Waals surface area contributed by atoms with Crippen LogP contribution in [0.3, 0.4) is 0 Å². The lowest BCUT2D eigenvalue weighted by atomic mass is 9.91. The maximum atomic E-state index is 8.68. The Labute approximate surface area is 131 Å². The third-order valence-electron chi connectivity index (χ3n) is 4.71. The molecule has 0 aromatic heterocycles. The van der Waals surface area contributed by atoms with Gasteiger partial charge in [-0.25, -0.2) is 0 Å². The average molecular weight is 299 g/mol. The fraction of sp³-hybridized carbons (Fsp3) is 0.529. The third-order valence-corrected chi connectivity index (χ3v) is 4.92. The standard InChI is InChI=1S/C17H21N3S/c18-12-9-13-3-7-15(8-4-13)19-16(21)20-17(14-5-6-14)10-1-2-11-17/h3-4,7-8,14H,1-2,5-6,9-11H2,(H2,19,20,21).